The molecular formula is C17H22N3O2S2+. The van der Waals surface area contributed by atoms with E-state index in [4.69, 9.17) is 4.42 Å². The SMILES string of the molecule is CN1CCSC1=CC=c1c(=O)o/c(=C\C=CC2=[N+](C)CCS2)n1C. The van der Waals surface area contributed by atoms with Gasteiger partial charge in [-0.2, -0.15) is 0 Å². The molecule has 5 nitrogen and oxygen atoms in total. The molecule has 24 heavy (non-hydrogen) atoms. The van der Waals surface area contributed by atoms with E-state index in [1.54, 1.807) is 16.3 Å². The van der Waals surface area contributed by atoms with Gasteiger partial charge in [-0.15, -0.1) is 11.8 Å². The minimum atomic E-state index is -0.306. The van der Waals surface area contributed by atoms with Crippen LogP contribution < -0.4 is 16.5 Å². The molecule has 0 radical (unpaired) electrons. The van der Waals surface area contributed by atoms with Gasteiger partial charge in [0.2, 0.25) is 10.6 Å². The molecule has 7 heteroatoms. The highest BCUT2D eigenvalue weighted by Gasteiger charge is 2.15. The number of aromatic nitrogens is 1. The van der Waals surface area contributed by atoms with E-state index in [-0.39, 0.29) is 5.63 Å². The lowest BCUT2D eigenvalue weighted by Crippen LogP contribution is -2.29. The maximum atomic E-state index is 12.1. The molecule has 0 atom stereocenters. The Morgan fingerprint density at radius 2 is 2.00 bits per heavy atom. The van der Waals surface area contributed by atoms with Crippen LogP contribution in [0.25, 0.3) is 12.2 Å². The third kappa shape index (κ3) is 3.72. The summed E-state index contributed by atoms with van der Waals surface area (Å²) in [6.07, 6.45) is 9.66. The van der Waals surface area contributed by atoms with Crippen molar-refractivity contribution in [2.75, 3.05) is 38.7 Å². The topological polar surface area (TPSA) is 41.4 Å². The number of thioether (sulfide) groups is 2. The van der Waals surface area contributed by atoms with E-state index >= 15 is 0 Å². The van der Waals surface area contributed by atoms with E-state index in [0.717, 1.165) is 24.6 Å². The molecule has 0 spiro atoms. The first-order valence-corrected chi connectivity index (χ1v) is 9.84. The van der Waals surface area contributed by atoms with Crippen LogP contribution in [0.15, 0.2) is 32.5 Å². The summed E-state index contributed by atoms with van der Waals surface area (Å²) in [7, 11) is 6.00. The predicted octanol–water partition coefficient (Wildman–Crippen LogP) is 0.403. The zero-order valence-corrected chi connectivity index (χ0v) is 15.8. The molecule has 0 amide bonds. The summed E-state index contributed by atoms with van der Waals surface area (Å²) in [4.78, 5) is 14.3. The lowest BCUT2D eigenvalue weighted by molar-refractivity contribution is -0.485. The summed E-state index contributed by atoms with van der Waals surface area (Å²) >= 11 is 3.64. The zero-order chi connectivity index (χ0) is 17.1. The molecule has 2 aliphatic rings. The van der Waals surface area contributed by atoms with Crippen molar-refractivity contribution in [3.63, 3.8) is 0 Å². The summed E-state index contributed by atoms with van der Waals surface area (Å²) in [5, 5.41) is 2.97. The lowest BCUT2D eigenvalue weighted by atomic mass is 10.4. The van der Waals surface area contributed by atoms with Crippen LogP contribution in [0.4, 0.5) is 0 Å². The lowest BCUT2D eigenvalue weighted by Gasteiger charge is -2.09. The Bertz CT molecular complexity index is 890. The third-order valence-corrected chi connectivity index (χ3v) is 6.33. The van der Waals surface area contributed by atoms with Gasteiger partial charge < -0.3 is 13.9 Å². The van der Waals surface area contributed by atoms with Gasteiger partial charge in [-0.3, -0.25) is 0 Å². The normalized spacial score (nSPS) is 22.1. The van der Waals surface area contributed by atoms with E-state index in [0.29, 0.717) is 10.9 Å². The molecule has 0 aromatic carbocycles. The van der Waals surface area contributed by atoms with Crippen LogP contribution in [0.2, 0.25) is 0 Å². The molecule has 1 saturated heterocycles. The number of hydrogen-bond donors (Lipinski definition) is 0. The Kier molecular flexibility index (Phi) is 5.40. The maximum Gasteiger partial charge on any atom is 0.361 e. The molecule has 3 rings (SSSR count). The highest BCUT2D eigenvalue weighted by molar-refractivity contribution is 8.14. The second-order valence-corrected chi connectivity index (χ2v) is 7.98. The molecule has 0 saturated carbocycles. The van der Waals surface area contributed by atoms with Gasteiger partial charge in [-0.1, -0.05) is 11.8 Å². The molecular weight excluding hydrogens is 342 g/mol. The number of oxazole rings is 1. The average Bonchev–Trinajstić information content (AvgIpc) is 3.21. The smallest absolute Gasteiger partial charge is 0.361 e. The summed E-state index contributed by atoms with van der Waals surface area (Å²) in [5.41, 5.74) is 0.249. The van der Waals surface area contributed by atoms with Crippen LogP contribution in [-0.2, 0) is 7.05 Å². The van der Waals surface area contributed by atoms with Crippen molar-refractivity contribution in [2.24, 2.45) is 7.05 Å². The highest BCUT2D eigenvalue weighted by Crippen LogP contribution is 2.25. The number of allylic oxidation sites excluding steroid dienone is 2. The van der Waals surface area contributed by atoms with Gasteiger partial charge in [0.1, 0.15) is 12.4 Å². The van der Waals surface area contributed by atoms with E-state index in [1.807, 2.05) is 43.1 Å². The van der Waals surface area contributed by atoms with E-state index in [1.165, 1.54) is 10.1 Å². The average molecular weight is 365 g/mol. The van der Waals surface area contributed by atoms with Gasteiger partial charge in [0.25, 0.3) is 0 Å². The molecule has 0 bridgehead atoms. The minimum absolute atomic E-state index is 0.306. The van der Waals surface area contributed by atoms with E-state index in [2.05, 4.69) is 29.6 Å². The second-order valence-electron chi connectivity index (χ2n) is 5.75. The van der Waals surface area contributed by atoms with Crippen molar-refractivity contribution in [1.82, 2.24) is 9.47 Å². The van der Waals surface area contributed by atoms with Gasteiger partial charge in [0.15, 0.2) is 6.54 Å². The van der Waals surface area contributed by atoms with Crippen LogP contribution >= 0.6 is 23.5 Å². The van der Waals surface area contributed by atoms with Gasteiger partial charge in [0, 0.05) is 32.5 Å². The molecule has 2 aliphatic heterocycles. The summed E-state index contributed by atoms with van der Waals surface area (Å²) < 4.78 is 9.38. The largest absolute Gasteiger partial charge is 0.405 e. The quantitative estimate of drug-likeness (QED) is 0.727. The van der Waals surface area contributed by atoms with Crippen LogP contribution in [0.3, 0.4) is 0 Å². The van der Waals surface area contributed by atoms with E-state index < -0.39 is 0 Å². The first-order valence-electron chi connectivity index (χ1n) is 7.87. The Hall–Kier alpha value is -1.60. The Labute approximate surface area is 149 Å². The van der Waals surface area contributed by atoms with Crippen LogP contribution in [0.1, 0.15) is 0 Å². The monoisotopic (exact) mass is 364 g/mol. The predicted molar refractivity (Wildman–Crippen MR) is 103 cm³/mol. The number of nitrogens with zero attached hydrogens (tertiary/aromatic N) is 3. The van der Waals surface area contributed by atoms with Crippen molar-refractivity contribution >= 4 is 40.7 Å². The van der Waals surface area contributed by atoms with E-state index in [9.17, 15) is 4.79 Å². The van der Waals surface area contributed by atoms with Gasteiger partial charge in [0.05, 0.1) is 10.8 Å². The van der Waals surface area contributed by atoms with Gasteiger partial charge in [-0.05, 0) is 24.3 Å². The summed E-state index contributed by atoms with van der Waals surface area (Å²) in [6.45, 7) is 2.12. The Balaban J connectivity index is 1.89. The van der Waals surface area contributed by atoms with Gasteiger partial charge >= 0.3 is 5.63 Å². The molecule has 0 N–H and O–H groups in total. The highest BCUT2D eigenvalue weighted by atomic mass is 32.2. The molecule has 0 unspecified atom stereocenters. The fourth-order valence-electron chi connectivity index (χ4n) is 2.53. The van der Waals surface area contributed by atoms with Gasteiger partial charge in [-0.25, -0.2) is 9.37 Å². The molecule has 1 fully saturated rings. The molecule has 128 valence electrons. The van der Waals surface area contributed by atoms with Crippen molar-refractivity contribution in [1.29, 1.82) is 0 Å². The van der Waals surface area contributed by atoms with Crippen molar-refractivity contribution in [2.45, 2.75) is 0 Å². The first kappa shape index (κ1) is 17.2. The van der Waals surface area contributed by atoms with Crippen LogP contribution in [-0.4, -0.2) is 57.8 Å². The minimum Gasteiger partial charge on any atom is -0.405 e. The fourth-order valence-corrected chi connectivity index (χ4v) is 4.64. The summed E-state index contributed by atoms with van der Waals surface area (Å²) in [5.74, 6) is 2.21. The maximum absolute atomic E-state index is 12.1. The Morgan fingerprint density at radius 3 is 2.67 bits per heavy atom. The van der Waals surface area contributed by atoms with Crippen LogP contribution in [0.5, 0.6) is 0 Å². The van der Waals surface area contributed by atoms with Crippen molar-refractivity contribution < 1.29 is 8.99 Å². The molecule has 3 heterocycles. The zero-order valence-electron chi connectivity index (χ0n) is 14.2. The number of hydrogen-bond acceptors (Lipinski definition) is 5. The van der Waals surface area contributed by atoms with Crippen LogP contribution in [0, 0.1) is 0 Å². The van der Waals surface area contributed by atoms with Crippen molar-refractivity contribution in [3.8, 4) is 0 Å². The molecule has 1 aromatic rings. The molecule has 0 aliphatic carbocycles. The first-order chi connectivity index (χ1) is 11.6. The summed E-state index contributed by atoms with van der Waals surface area (Å²) in [6, 6.07) is 0. The fraction of sp³-hybridized carbons (Fsp3) is 0.412. The second kappa shape index (κ2) is 7.53. The van der Waals surface area contributed by atoms with Crippen molar-refractivity contribution in [3.05, 3.63) is 44.6 Å². The standard InChI is InChI=1S/C17H22N3O2S2/c1-18-9-11-23-15(18)6-4-5-14-20(3)13(17(21)22-14)7-8-16-19(2)10-12-24-16/h4-8H,9-12H2,1-3H3/q+1. The Morgan fingerprint density at radius 1 is 1.17 bits per heavy atom. The molecule has 1 aromatic heterocycles. The number of rotatable bonds is 3. The third-order valence-electron chi connectivity index (χ3n) is 4.07.